The highest BCUT2D eigenvalue weighted by molar-refractivity contribution is 6.30. The van der Waals surface area contributed by atoms with Gasteiger partial charge in [0.15, 0.2) is 11.3 Å². The van der Waals surface area contributed by atoms with Crippen LogP contribution in [0.25, 0.3) is 33.3 Å². The molecule has 2 aromatic heterocycles. The summed E-state index contributed by atoms with van der Waals surface area (Å²) >= 11 is 5.94. The average Bonchev–Trinajstić information content (AvgIpc) is 3.02. The Kier molecular flexibility index (Phi) is 4.35. The predicted molar refractivity (Wildman–Crippen MR) is 105 cm³/mol. The van der Waals surface area contributed by atoms with Crippen molar-refractivity contribution in [2.24, 2.45) is 0 Å². The molecule has 0 aliphatic heterocycles. The molecule has 0 unspecified atom stereocenters. The Balaban J connectivity index is 2.18. The molecular weight excluding hydrogens is 384 g/mol. The highest BCUT2D eigenvalue weighted by Gasteiger charge is 2.25. The third-order valence-electron chi connectivity index (χ3n) is 4.65. The Morgan fingerprint density at radius 2 is 1.82 bits per heavy atom. The van der Waals surface area contributed by atoms with E-state index in [9.17, 15) is 19.8 Å². The van der Waals surface area contributed by atoms with Crippen molar-refractivity contribution in [2.75, 3.05) is 0 Å². The number of carbonyl (C=O) groups is 1. The number of aromatic hydroxyl groups is 1. The van der Waals surface area contributed by atoms with Gasteiger partial charge >= 0.3 is 11.6 Å². The van der Waals surface area contributed by atoms with Gasteiger partial charge in [0.1, 0.15) is 11.3 Å². The van der Waals surface area contributed by atoms with E-state index in [1.807, 2.05) is 6.92 Å². The molecule has 7 heteroatoms. The lowest BCUT2D eigenvalue weighted by molar-refractivity contribution is -0.136. The van der Waals surface area contributed by atoms with Crippen LogP contribution in [0.4, 0.5) is 0 Å². The van der Waals surface area contributed by atoms with Crippen molar-refractivity contribution >= 4 is 39.5 Å². The number of halogens is 1. The number of carboxylic acids is 1. The molecule has 0 aliphatic rings. The van der Waals surface area contributed by atoms with Crippen LogP contribution in [0.5, 0.6) is 5.75 Å². The minimum absolute atomic E-state index is 0.0742. The molecule has 0 fully saturated rings. The van der Waals surface area contributed by atoms with Crippen molar-refractivity contribution in [2.45, 2.75) is 19.8 Å². The SMILES string of the molecule is CCc1cc(=O)oc2c1cc(O)c1oc(-c3ccc(Cl)cc3)c(CC(=O)O)c12. The van der Waals surface area contributed by atoms with Crippen molar-refractivity contribution in [3.8, 4) is 17.1 Å². The van der Waals surface area contributed by atoms with E-state index in [-0.39, 0.29) is 34.5 Å². The molecule has 28 heavy (non-hydrogen) atoms. The maximum absolute atomic E-state index is 12.0. The van der Waals surface area contributed by atoms with Gasteiger partial charge in [0.05, 0.1) is 11.8 Å². The van der Waals surface area contributed by atoms with E-state index in [0.717, 1.165) is 0 Å². The van der Waals surface area contributed by atoms with E-state index in [0.29, 0.717) is 33.5 Å². The lowest BCUT2D eigenvalue weighted by Crippen LogP contribution is -2.03. The van der Waals surface area contributed by atoms with E-state index in [2.05, 4.69) is 0 Å². The van der Waals surface area contributed by atoms with Crippen LogP contribution in [0, 0.1) is 0 Å². The lowest BCUT2D eigenvalue weighted by Gasteiger charge is -2.06. The van der Waals surface area contributed by atoms with Crippen LogP contribution >= 0.6 is 11.6 Å². The normalized spacial score (nSPS) is 11.4. The van der Waals surface area contributed by atoms with Crippen LogP contribution in [0.3, 0.4) is 0 Å². The van der Waals surface area contributed by atoms with Gasteiger partial charge in [0.25, 0.3) is 0 Å². The second kappa shape index (κ2) is 6.73. The van der Waals surface area contributed by atoms with Crippen LogP contribution in [0.2, 0.25) is 5.02 Å². The first-order chi connectivity index (χ1) is 13.4. The molecule has 4 aromatic rings. The Morgan fingerprint density at radius 1 is 1.11 bits per heavy atom. The molecule has 2 N–H and O–H groups in total. The molecule has 0 bridgehead atoms. The zero-order valence-electron chi connectivity index (χ0n) is 14.8. The number of furan rings is 1. The largest absolute Gasteiger partial charge is 0.504 e. The quantitative estimate of drug-likeness (QED) is 0.481. The Hall–Kier alpha value is -3.25. The molecule has 2 aromatic carbocycles. The van der Waals surface area contributed by atoms with Gasteiger partial charge in [-0.25, -0.2) is 4.79 Å². The van der Waals surface area contributed by atoms with Crippen molar-refractivity contribution in [1.82, 2.24) is 0 Å². The number of aryl methyl sites for hydroxylation is 1. The van der Waals surface area contributed by atoms with Crippen LogP contribution in [-0.2, 0) is 17.6 Å². The molecule has 0 amide bonds. The lowest BCUT2D eigenvalue weighted by atomic mass is 9.99. The summed E-state index contributed by atoms with van der Waals surface area (Å²) in [6.07, 6.45) is 0.173. The van der Waals surface area contributed by atoms with Gasteiger partial charge in [-0.1, -0.05) is 18.5 Å². The van der Waals surface area contributed by atoms with Crippen molar-refractivity contribution in [3.05, 3.63) is 63.0 Å². The fraction of sp³-hybridized carbons (Fsp3) is 0.143. The summed E-state index contributed by atoms with van der Waals surface area (Å²) < 4.78 is 11.3. The number of hydrogen-bond acceptors (Lipinski definition) is 5. The third kappa shape index (κ3) is 2.92. The molecular formula is C21H15ClO6. The van der Waals surface area contributed by atoms with Crippen LogP contribution in [-0.4, -0.2) is 16.2 Å². The molecule has 4 rings (SSSR count). The maximum atomic E-state index is 12.0. The number of phenols is 1. The zero-order chi connectivity index (χ0) is 20.0. The number of phenolic OH excluding ortho intramolecular Hbond substituents is 1. The van der Waals surface area contributed by atoms with Crippen LogP contribution in [0.1, 0.15) is 18.1 Å². The molecule has 0 atom stereocenters. The first kappa shape index (κ1) is 18.1. The summed E-state index contributed by atoms with van der Waals surface area (Å²) in [6, 6.07) is 9.53. The number of rotatable bonds is 4. The molecule has 0 spiro atoms. The zero-order valence-corrected chi connectivity index (χ0v) is 15.5. The van der Waals surface area contributed by atoms with E-state index in [1.165, 1.54) is 12.1 Å². The van der Waals surface area contributed by atoms with Gasteiger partial charge in [0.2, 0.25) is 0 Å². The maximum Gasteiger partial charge on any atom is 0.336 e. The fourth-order valence-electron chi connectivity index (χ4n) is 3.43. The number of benzene rings is 2. The summed E-state index contributed by atoms with van der Waals surface area (Å²) in [5, 5.41) is 21.3. The molecule has 0 radical (unpaired) electrons. The van der Waals surface area contributed by atoms with E-state index < -0.39 is 11.6 Å². The molecule has 0 aliphatic carbocycles. The second-order valence-corrected chi connectivity index (χ2v) is 6.84. The first-order valence-electron chi connectivity index (χ1n) is 8.60. The van der Waals surface area contributed by atoms with E-state index in [4.69, 9.17) is 20.4 Å². The van der Waals surface area contributed by atoms with Crippen LogP contribution < -0.4 is 5.63 Å². The second-order valence-electron chi connectivity index (χ2n) is 6.41. The Labute approximate surface area is 163 Å². The van der Waals surface area contributed by atoms with Crippen LogP contribution in [0.15, 0.2) is 50.0 Å². The minimum atomic E-state index is -1.08. The fourth-order valence-corrected chi connectivity index (χ4v) is 3.56. The highest BCUT2D eigenvalue weighted by Crippen LogP contribution is 2.42. The monoisotopic (exact) mass is 398 g/mol. The van der Waals surface area contributed by atoms with Gasteiger partial charge in [-0.3, -0.25) is 4.79 Å². The Morgan fingerprint density at radius 3 is 2.46 bits per heavy atom. The van der Waals surface area contributed by atoms with Gasteiger partial charge in [-0.2, -0.15) is 0 Å². The number of aliphatic carboxylic acids is 1. The topological polar surface area (TPSA) is 101 Å². The minimum Gasteiger partial charge on any atom is -0.504 e. The van der Waals surface area contributed by atoms with Gasteiger partial charge in [-0.15, -0.1) is 0 Å². The molecule has 142 valence electrons. The number of hydrogen-bond donors (Lipinski definition) is 2. The van der Waals surface area contributed by atoms with E-state index >= 15 is 0 Å². The smallest absolute Gasteiger partial charge is 0.336 e. The molecule has 2 heterocycles. The first-order valence-corrected chi connectivity index (χ1v) is 8.98. The highest BCUT2D eigenvalue weighted by atomic mass is 35.5. The third-order valence-corrected chi connectivity index (χ3v) is 4.90. The summed E-state index contributed by atoms with van der Waals surface area (Å²) in [4.78, 5) is 23.6. The average molecular weight is 399 g/mol. The number of fused-ring (bicyclic) bond motifs is 3. The molecule has 0 saturated heterocycles. The standard InChI is InChI=1S/C21H15ClO6/c1-2-10-7-17(26)27-20-13(10)8-15(23)21-18(20)14(9-16(24)25)19(28-21)11-3-5-12(22)6-4-11/h3-8,23H,2,9H2,1H3,(H,24,25). The van der Waals surface area contributed by atoms with Crippen molar-refractivity contribution < 1.29 is 23.8 Å². The summed E-state index contributed by atoms with van der Waals surface area (Å²) in [6.45, 7) is 1.88. The summed E-state index contributed by atoms with van der Waals surface area (Å²) in [5.41, 5.74) is 1.34. The molecule has 6 nitrogen and oxygen atoms in total. The summed E-state index contributed by atoms with van der Waals surface area (Å²) in [7, 11) is 0. The number of carboxylic acid groups (broad SMARTS) is 1. The Bertz CT molecular complexity index is 1280. The summed E-state index contributed by atoms with van der Waals surface area (Å²) in [5.74, 6) is -0.956. The van der Waals surface area contributed by atoms with Crippen molar-refractivity contribution in [1.29, 1.82) is 0 Å². The van der Waals surface area contributed by atoms with Gasteiger partial charge in [-0.05, 0) is 42.3 Å². The molecule has 0 saturated carbocycles. The van der Waals surface area contributed by atoms with Crippen molar-refractivity contribution in [3.63, 3.8) is 0 Å². The van der Waals surface area contributed by atoms with Gasteiger partial charge < -0.3 is 19.0 Å². The van der Waals surface area contributed by atoms with Gasteiger partial charge in [0, 0.05) is 27.6 Å². The van der Waals surface area contributed by atoms with E-state index in [1.54, 1.807) is 24.3 Å². The predicted octanol–water partition coefficient (Wildman–Crippen LogP) is 4.75.